The molecule has 3 aromatic heterocycles. The Morgan fingerprint density at radius 1 is 0.533 bits per heavy atom. The van der Waals surface area contributed by atoms with Crippen LogP contribution in [-0.2, 0) is 37.1 Å². The summed E-state index contributed by atoms with van der Waals surface area (Å²) in [6, 6.07) is 29.0. The highest BCUT2D eigenvalue weighted by molar-refractivity contribution is 5.93. The molecule has 6 rings (SSSR count). The predicted octanol–water partition coefficient (Wildman–Crippen LogP) is 6.85. The van der Waals surface area contributed by atoms with Crippen molar-refractivity contribution in [2.24, 2.45) is 0 Å². The Bertz CT molecular complexity index is 2010. The Labute approximate surface area is 258 Å². The molecule has 0 amide bonds. The van der Waals surface area contributed by atoms with E-state index < -0.39 is 5.97 Å². The Morgan fingerprint density at radius 3 is 1.38 bits per heavy atom. The Hall–Kier alpha value is -5.90. The lowest BCUT2D eigenvalue weighted by Crippen LogP contribution is -2.10. The molecule has 6 aromatic rings. The van der Waals surface area contributed by atoms with Gasteiger partial charge in [0.15, 0.2) is 0 Å². The van der Waals surface area contributed by atoms with E-state index in [-0.39, 0.29) is 31.0 Å². The Balaban J connectivity index is 1.43. The largest absolute Gasteiger partial charge is 0.459 e. The molecular formula is C35H28N4O6. The van der Waals surface area contributed by atoms with Crippen LogP contribution in [0.15, 0.2) is 91.0 Å². The summed E-state index contributed by atoms with van der Waals surface area (Å²) in [5.41, 5.74) is 6.20. The summed E-state index contributed by atoms with van der Waals surface area (Å²) < 4.78 is 15.4. The van der Waals surface area contributed by atoms with Crippen molar-refractivity contribution in [2.45, 2.75) is 34.0 Å². The molecule has 0 N–H and O–H groups in total. The first kappa shape index (κ1) is 29.2. The first-order valence-corrected chi connectivity index (χ1v) is 14.2. The molecule has 0 saturated carbocycles. The maximum absolute atomic E-state index is 11.4. The van der Waals surface area contributed by atoms with Gasteiger partial charge in [-0.25, -0.2) is 15.0 Å². The fourth-order valence-electron chi connectivity index (χ4n) is 4.99. The van der Waals surface area contributed by atoms with Gasteiger partial charge in [-0.15, -0.1) is 0 Å². The Morgan fingerprint density at radius 2 is 0.956 bits per heavy atom. The average Bonchev–Trinajstić information content (AvgIpc) is 3.02. The number of aromatic nitrogens is 3. The molecule has 0 aliphatic heterocycles. The van der Waals surface area contributed by atoms with Gasteiger partial charge in [0.1, 0.15) is 13.2 Å². The van der Waals surface area contributed by atoms with Crippen molar-refractivity contribution >= 4 is 67.7 Å². The lowest BCUT2D eigenvalue weighted by molar-refractivity contribution is -0.143. The zero-order chi connectivity index (χ0) is 31.5. The SMILES string of the molecule is CC(=O)OCc1ccc2cc(N(c3ccc4nc(COC(C)=O)ccc4c3)c3ccc4nc(OC(C)=O)ccc4c3)ccc2n1. The summed E-state index contributed by atoms with van der Waals surface area (Å²) in [6.45, 7) is 4.30. The number of fused-ring (bicyclic) bond motifs is 3. The maximum Gasteiger partial charge on any atom is 0.309 e. The zero-order valence-corrected chi connectivity index (χ0v) is 24.8. The number of hydrogen-bond acceptors (Lipinski definition) is 10. The van der Waals surface area contributed by atoms with Gasteiger partial charge in [0.25, 0.3) is 0 Å². The molecule has 0 fully saturated rings. The molecule has 0 saturated heterocycles. The number of carbonyl (C=O) groups is 3. The standard InChI is InChI=1S/C35H28N4O6/c1-21(40)43-19-27-7-4-24-16-29(9-12-32(24)36-27)39(31-11-14-34-26(18-31)6-15-35(38-34)45-23(3)42)30-10-13-33-25(17-30)5-8-28(37-33)20-44-22(2)41/h4-18H,19-20H2,1-3H3. The number of nitrogens with zero attached hydrogens (tertiary/aromatic N) is 4. The average molecular weight is 601 g/mol. The van der Waals surface area contributed by atoms with E-state index in [1.807, 2.05) is 72.8 Å². The van der Waals surface area contributed by atoms with E-state index in [4.69, 9.17) is 14.2 Å². The molecule has 3 aromatic carbocycles. The maximum atomic E-state index is 11.4. The first-order chi connectivity index (χ1) is 21.7. The van der Waals surface area contributed by atoms with Crippen molar-refractivity contribution < 1.29 is 28.6 Å². The molecule has 0 atom stereocenters. The highest BCUT2D eigenvalue weighted by Gasteiger charge is 2.16. The fraction of sp³-hybridized carbons (Fsp3) is 0.143. The van der Waals surface area contributed by atoms with Crippen LogP contribution in [-0.4, -0.2) is 32.9 Å². The number of ether oxygens (including phenoxy) is 3. The van der Waals surface area contributed by atoms with Crippen LogP contribution in [0.5, 0.6) is 5.88 Å². The summed E-state index contributed by atoms with van der Waals surface area (Å²) >= 11 is 0. The van der Waals surface area contributed by atoms with Crippen LogP contribution < -0.4 is 9.64 Å². The highest BCUT2D eigenvalue weighted by Crippen LogP contribution is 2.38. The second-order valence-electron chi connectivity index (χ2n) is 10.4. The zero-order valence-electron chi connectivity index (χ0n) is 24.8. The van der Waals surface area contributed by atoms with Crippen LogP contribution in [0.4, 0.5) is 17.1 Å². The lowest BCUT2D eigenvalue weighted by atomic mass is 10.1. The minimum atomic E-state index is -0.432. The van der Waals surface area contributed by atoms with Gasteiger partial charge in [-0.3, -0.25) is 14.4 Å². The molecule has 45 heavy (non-hydrogen) atoms. The van der Waals surface area contributed by atoms with Gasteiger partial charge in [0.2, 0.25) is 5.88 Å². The highest BCUT2D eigenvalue weighted by atomic mass is 16.5. The third-order valence-corrected chi connectivity index (χ3v) is 6.98. The quantitative estimate of drug-likeness (QED) is 0.171. The summed E-state index contributed by atoms with van der Waals surface area (Å²) in [4.78, 5) is 49.9. The second kappa shape index (κ2) is 12.4. The summed E-state index contributed by atoms with van der Waals surface area (Å²) in [5.74, 6) is -0.910. The van der Waals surface area contributed by atoms with Gasteiger partial charge in [-0.2, -0.15) is 0 Å². The van der Waals surface area contributed by atoms with E-state index in [2.05, 4.69) is 32.0 Å². The van der Waals surface area contributed by atoms with Crippen LogP contribution >= 0.6 is 0 Å². The van der Waals surface area contributed by atoms with E-state index >= 15 is 0 Å². The summed E-state index contributed by atoms with van der Waals surface area (Å²) in [5, 5.41) is 2.69. The summed E-state index contributed by atoms with van der Waals surface area (Å²) in [7, 11) is 0. The smallest absolute Gasteiger partial charge is 0.309 e. The van der Waals surface area contributed by atoms with Crippen molar-refractivity contribution in [3.05, 3.63) is 102 Å². The van der Waals surface area contributed by atoms with E-state index in [0.29, 0.717) is 16.9 Å². The molecule has 0 aliphatic carbocycles. The molecule has 10 nitrogen and oxygen atoms in total. The number of pyridine rings is 3. The van der Waals surface area contributed by atoms with Crippen molar-refractivity contribution in [3.63, 3.8) is 0 Å². The monoisotopic (exact) mass is 600 g/mol. The van der Waals surface area contributed by atoms with Gasteiger partial charge in [0, 0.05) is 60.1 Å². The van der Waals surface area contributed by atoms with Crippen LogP contribution in [0.2, 0.25) is 0 Å². The van der Waals surface area contributed by atoms with E-state index in [0.717, 1.165) is 44.3 Å². The van der Waals surface area contributed by atoms with Crippen LogP contribution in [0, 0.1) is 0 Å². The number of benzene rings is 3. The van der Waals surface area contributed by atoms with Crippen molar-refractivity contribution in [3.8, 4) is 5.88 Å². The molecule has 0 spiro atoms. The van der Waals surface area contributed by atoms with Gasteiger partial charge < -0.3 is 19.1 Å². The van der Waals surface area contributed by atoms with E-state index in [1.54, 1.807) is 6.07 Å². The molecule has 3 heterocycles. The van der Waals surface area contributed by atoms with Crippen molar-refractivity contribution in [2.75, 3.05) is 4.90 Å². The van der Waals surface area contributed by atoms with Crippen LogP contribution in [0.1, 0.15) is 32.2 Å². The van der Waals surface area contributed by atoms with Gasteiger partial charge in [-0.1, -0.05) is 12.1 Å². The normalized spacial score (nSPS) is 11.0. The molecule has 0 bridgehead atoms. The van der Waals surface area contributed by atoms with E-state index in [9.17, 15) is 14.4 Å². The molecule has 0 radical (unpaired) electrons. The molecule has 0 unspecified atom stereocenters. The molecule has 10 heteroatoms. The minimum Gasteiger partial charge on any atom is -0.459 e. The molecule has 224 valence electrons. The molecule has 0 aliphatic rings. The van der Waals surface area contributed by atoms with Gasteiger partial charge in [0.05, 0.1) is 27.9 Å². The predicted molar refractivity (Wildman–Crippen MR) is 169 cm³/mol. The van der Waals surface area contributed by atoms with Crippen LogP contribution in [0.3, 0.4) is 0 Å². The first-order valence-electron chi connectivity index (χ1n) is 14.2. The van der Waals surface area contributed by atoms with Crippen molar-refractivity contribution in [1.29, 1.82) is 0 Å². The summed E-state index contributed by atoms with van der Waals surface area (Å²) in [6.07, 6.45) is 0. The number of esters is 3. The number of hydrogen-bond donors (Lipinski definition) is 0. The van der Waals surface area contributed by atoms with Gasteiger partial charge in [-0.05, 0) is 72.8 Å². The number of anilines is 3. The van der Waals surface area contributed by atoms with Gasteiger partial charge >= 0.3 is 17.9 Å². The fourth-order valence-corrected chi connectivity index (χ4v) is 4.99. The third-order valence-electron chi connectivity index (χ3n) is 6.98. The second-order valence-corrected chi connectivity index (χ2v) is 10.4. The minimum absolute atomic E-state index is 0.108. The molecular weight excluding hydrogens is 572 g/mol. The number of carbonyl (C=O) groups excluding carboxylic acids is 3. The number of rotatable bonds is 8. The topological polar surface area (TPSA) is 121 Å². The Kier molecular flexibility index (Phi) is 8.03. The van der Waals surface area contributed by atoms with E-state index in [1.165, 1.54) is 20.8 Å². The third kappa shape index (κ3) is 6.70. The van der Waals surface area contributed by atoms with Crippen LogP contribution in [0.25, 0.3) is 32.7 Å². The lowest BCUT2D eigenvalue weighted by Gasteiger charge is -2.26. The van der Waals surface area contributed by atoms with Crippen molar-refractivity contribution in [1.82, 2.24) is 15.0 Å².